The standard InChI is InChI=1S/C14H30.C13H28.7C12H26/c1-13(2)11-9-7-5-6-8-10-12-14(3)4;1-12(2)10-8-6-5-7-9-11-13(3)4;1-9(2)11(5)8-12(6,7)10(3)4;1-9(2)8-12(6,7)11(5)10(3)4;1-9(2)8-11(5)12(6,7)10(3)4;1-8-11(9(2)3)12(6,7)10(4)5;1-8(2)10(5)12(7)11(6)9(3)4;1-7-11(9(3)4)12(8-2)10(5)6;1-11(2)9-7-5-6-8-10-12(3)4/h13-14H,5-12H2,1-4H3;12-13H,5-11H2,1-4H3;4*9-11H,8H2,1-7H3;8-12H,1-7H3;9-12H,7-8H2,1-6H3;11-12H,5-10H2,1-4H3. The summed E-state index contributed by atoms with van der Waals surface area (Å²) >= 11 is 0. The molecule has 0 rings (SSSR count). The Kier molecular flexibility index (Phi) is 87.2. The highest BCUT2D eigenvalue weighted by atomic mass is 14.4. The number of unbranched alkanes of at least 4 members (excludes halogenated alkanes) is 12. The second-order valence-electron chi connectivity index (χ2n) is 47.0. The third-order valence-electron chi connectivity index (χ3n) is 28.6. The minimum absolute atomic E-state index is 0.489. The maximum atomic E-state index is 2.41. The second kappa shape index (κ2) is 75.0. The Balaban J connectivity index is -0.000000151. The van der Waals surface area contributed by atoms with Crippen molar-refractivity contribution < 1.29 is 0 Å². The first-order valence-corrected chi connectivity index (χ1v) is 50.4. The third kappa shape index (κ3) is 80.8. The van der Waals surface area contributed by atoms with Gasteiger partial charge in [0.15, 0.2) is 0 Å². The van der Waals surface area contributed by atoms with Gasteiger partial charge in [-0.05, 0) is 201 Å². The Morgan fingerprint density at radius 2 is 0.468 bits per heavy atom. The Morgan fingerprint density at radius 1 is 0.207 bits per heavy atom. The van der Waals surface area contributed by atoms with E-state index in [4.69, 9.17) is 0 Å². The van der Waals surface area contributed by atoms with E-state index in [1.807, 2.05) is 0 Å². The van der Waals surface area contributed by atoms with Gasteiger partial charge in [0.2, 0.25) is 0 Å². The van der Waals surface area contributed by atoms with E-state index < -0.39 is 0 Å². The van der Waals surface area contributed by atoms with Crippen LogP contribution in [-0.2, 0) is 0 Å². The second-order valence-corrected chi connectivity index (χ2v) is 47.0. The summed E-state index contributed by atoms with van der Waals surface area (Å²) in [5.74, 6) is 22.9. The van der Waals surface area contributed by atoms with Gasteiger partial charge in [0.1, 0.15) is 0 Å². The topological polar surface area (TPSA) is 0 Å². The Hall–Kier alpha value is 0. The van der Waals surface area contributed by atoms with Crippen LogP contribution in [0.1, 0.15) is 540 Å². The average molecular weight is 1580 g/mol. The zero-order valence-corrected chi connectivity index (χ0v) is 89.7. The predicted molar refractivity (Wildman–Crippen MR) is 529 cm³/mol. The van der Waals surface area contributed by atoms with Crippen molar-refractivity contribution in [1.82, 2.24) is 0 Å². The number of rotatable bonds is 49. The first-order valence-electron chi connectivity index (χ1n) is 50.4. The van der Waals surface area contributed by atoms with Crippen molar-refractivity contribution in [2.75, 3.05) is 0 Å². The van der Waals surface area contributed by atoms with Gasteiger partial charge in [-0.25, -0.2) is 0 Å². The Morgan fingerprint density at radius 3 is 0.622 bits per heavy atom. The van der Waals surface area contributed by atoms with Crippen molar-refractivity contribution in [3.63, 3.8) is 0 Å². The number of hydrogen-bond acceptors (Lipinski definition) is 0. The van der Waals surface area contributed by atoms with Crippen molar-refractivity contribution in [2.24, 2.45) is 181 Å². The molecule has 0 spiro atoms. The average Bonchev–Trinajstić information content (AvgIpc) is 0.851. The summed E-state index contributed by atoms with van der Waals surface area (Å²) in [5.41, 5.74) is 1.99. The largest absolute Gasteiger partial charge is 0.0651 e. The van der Waals surface area contributed by atoms with Gasteiger partial charge in [-0.3, -0.25) is 0 Å². The molecule has 0 fully saturated rings. The summed E-state index contributed by atoms with van der Waals surface area (Å²) < 4.78 is 0. The van der Waals surface area contributed by atoms with Gasteiger partial charge in [0.05, 0.1) is 0 Å². The molecule has 8 unspecified atom stereocenters. The van der Waals surface area contributed by atoms with E-state index in [9.17, 15) is 0 Å². The van der Waals surface area contributed by atoms with E-state index in [2.05, 4.69) is 367 Å². The molecule has 0 bridgehead atoms. The molecule has 8 atom stereocenters. The molecule has 0 heterocycles. The molecule has 0 aliphatic heterocycles. The van der Waals surface area contributed by atoms with Gasteiger partial charge >= 0.3 is 0 Å². The predicted octanol–water partition coefficient (Wildman–Crippen LogP) is 41.0. The summed E-state index contributed by atoms with van der Waals surface area (Å²) in [4.78, 5) is 0. The molecular weight excluding hydrogens is 1330 g/mol. The maximum absolute atomic E-state index is 2.41. The van der Waals surface area contributed by atoms with Crippen LogP contribution in [0.2, 0.25) is 0 Å². The van der Waals surface area contributed by atoms with Crippen LogP contribution >= 0.6 is 0 Å². The van der Waals surface area contributed by atoms with Crippen LogP contribution in [-0.4, -0.2) is 0 Å². The van der Waals surface area contributed by atoms with E-state index in [1.165, 1.54) is 173 Å². The highest BCUT2D eigenvalue weighted by Gasteiger charge is 2.34. The van der Waals surface area contributed by atoms with Gasteiger partial charge in [0.25, 0.3) is 0 Å². The van der Waals surface area contributed by atoms with Crippen LogP contribution in [0.5, 0.6) is 0 Å². The first-order chi connectivity index (χ1) is 50.4. The molecule has 0 aromatic carbocycles. The lowest BCUT2D eigenvalue weighted by Gasteiger charge is -2.40. The summed E-state index contributed by atoms with van der Waals surface area (Å²) in [5, 5.41) is 0. The van der Waals surface area contributed by atoms with E-state index in [1.54, 1.807) is 0 Å². The molecular formula is C111H240. The molecule has 0 N–H and O–H groups in total. The van der Waals surface area contributed by atoms with Gasteiger partial charge in [-0.2, -0.15) is 0 Å². The van der Waals surface area contributed by atoms with Crippen LogP contribution in [0.15, 0.2) is 0 Å². The van der Waals surface area contributed by atoms with E-state index in [0.29, 0.717) is 21.7 Å². The lowest BCUT2D eigenvalue weighted by molar-refractivity contribution is 0.0938. The smallest absolute Gasteiger partial charge is 0.0301 e. The fourth-order valence-corrected chi connectivity index (χ4v) is 16.4. The molecule has 111 heavy (non-hydrogen) atoms. The highest BCUT2D eigenvalue weighted by Crippen LogP contribution is 2.43. The van der Waals surface area contributed by atoms with Crippen molar-refractivity contribution >= 4 is 0 Å². The quantitative estimate of drug-likeness (QED) is 0.0533. The van der Waals surface area contributed by atoms with E-state index >= 15 is 0 Å². The number of hydrogen-bond donors (Lipinski definition) is 0. The maximum Gasteiger partial charge on any atom is -0.0301 e. The highest BCUT2D eigenvalue weighted by molar-refractivity contribution is 4.84. The third-order valence-corrected chi connectivity index (χ3v) is 28.6. The molecule has 684 valence electrons. The van der Waals surface area contributed by atoms with Crippen LogP contribution in [0.4, 0.5) is 0 Å². The molecule has 0 aliphatic rings. The van der Waals surface area contributed by atoms with Gasteiger partial charge in [-0.15, -0.1) is 0 Å². The molecule has 0 aliphatic carbocycles. The van der Waals surface area contributed by atoms with Crippen molar-refractivity contribution in [3.8, 4) is 0 Å². The summed E-state index contributed by atoms with van der Waals surface area (Å²) in [7, 11) is 0. The Labute approximate surface area is 717 Å². The first kappa shape index (κ1) is 129. The van der Waals surface area contributed by atoms with E-state index in [-0.39, 0.29) is 0 Å². The van der Waals surface area contributed by atoms with Gasteiger partial charge < -0.3 is 0 Å². The van der Waals surface area contributed by atoms with Gasteiger partial charge in [-0.1, -0.05) is 521 Å². The van der Waals surface area contributed by atoms with Crippen LogP contribution in [0.25, 0.3) is 0 Å². The monoisotopic (exact) mass is 1570 g/mol. The zero-order chi connectivity index (χ0) is 89.7. The molecule has 0 radical (unpaired) electrons. The van der Waals surface area contributed by atoms with Crippen LogP contribution in [0.3, 0.4) is 0 Å². The minimum atomic E-state index is 0.489. The molecule has 0 aromatic heterocycles. The SMILES string of the molecule is CC(C)C(C)C(C)C(C)C(C)C.CC(C)C(C)CC(C)(C)C(C)C.CC(C)CC(C)(C)C(C)C(C)C.CC(C)CC(C)C(C)(C)C(C)C.CC(C)CCCCCCC(C)C.CC(C)CCCCCCCC(C)C.CC(C)CCCCCCCCC(C)C.CCC(C(C)C)C(C)(C)C(C)C.CCC(C(C)C)C(CC)C(C)C. The summed E-state index contributed by atoms with van der Waals surface area (Å²) in [6.07, 6.45) is 38.3. The van der Waals surface area contributed by atoms with Gasteiger partial charge in [0, 0.05) is 0 Å². The zero-order valence-electron chi connectivity index (χ0n) is 89.7. The van der Waals surface area contributed by atoms with Crippen LogP contribution in [0, 0.1) is 181 Å². The minimum Gasteiger partial charge on any atom is -0.0651 e. The molecule has 0 amide bonds. The molecule has 0 heteroatoms. The summed E-state index contributed by atoms with van der Waals surface area (Å²) in [6.45, 7) is 124. The molecule has 0 saturated carbocycles. The van der Waals surface area contributed by atoms with Crippen LogP contribution < -0.4 is 0 Å². The lowest BCUT2D eigenvalue weighted by Crippen LogP contribution is -2.32. The molecule has 0 nitrogen and oxygen atoms in total. The van der Waals surface area contributed by atoms with Crippen molar-refractivity contribution in [1.29, 1.82) is 0 Å². The van der Waals surface area contributed by atoms with Crippen molar-refractivity contribution in [2.45, 2.75) is 540 Å². The molecule has 0 saturated heterocycles. The summed E-state index contributed by atoms with van der Waals surface area (Å²) in [6, 6.07) is 0. The fourth-order valence-electron chi connectivity index (χ4n) is 16.4. The molecule has 0 aromatic rings. The fraction of sp³-hybridized carbons (Fsp3) is 1.00. The van der Waals surface area contributed by atoms with E-state index in [0.717, 1.165) is 160 Å². The Bertz CT molecular complexity index is 1740. The normalized spacial score (nSPS) is 14.8. The van der Waals surface area contributed by atoms with Crippen molar-refractivity contribution in [3.05, 3.63) is 0 Å². The lowest BCUT2D eigenvalue weighted by atomic mass is 9.65.